The molecule has 0 atom stereocenters. The third-order valence-electron chi connectivity index (χ3n) is 1.30. The van der Waals surface area contributed by atoms with E-state index in [0.717, 1.165) is 0 Å². The Morgan fingerprint density at radius 3 is 1.91 bits per heavy atom. The average molecular weight is 152 g/mol. The van der Waals surface area contributed by atoms with Crippen LogP contribution in [0.15, 0.2) is 16.8 Å². The molecule has 0 aliphatic rings. The topological polar surface area (TPSA) is 79.4 Å². The van der Waals surface area contributed by atoms with Gasteiger partial charge in [0.25, 0.3) is 0 Å². The molecule has 0 aliphatic carbocycles. The zero-order chi connectivity index (χ0) is 7.84. The molecule has 2 heterocycles. The number of furan rings is 1. The Morgan fingerprint density at radius 2 is 1.45 bits per heavy atom. The quantitative estimate of drug-likeness (QED) is 0.578. The molecule has 0 aromatic carbocycles. The molecule has 0 saturated carbocycles. The van der Waals surface area contributed by atoms with Crippen LogP contribution in [0.25, 0.3) is 11.0 Å². The van der Waals surface area contributed by atoms with E-state index in [-0.39, 0.29) is 11.0 Å². The van der Waals surface area contributed by atoms with Crippen LogP contribution in [0.5, 0.6) is 11.9 Å². The Labute approximate surface area is 60.9 Å². The van der Waals surface area contributed by atoms with E-state index in [0.29, 0.717) is 0 Å². The first kappa shape index (κ1) is 5.96. The summed E-state index contributed by atoms with van der Waals surface area (Å²) in [4.78, 5) is 7.47. The molecule has 2 aromatic heterocycles. The second-order valence-corrected chi connectivity index (χ2v) is 1.97. The molecular formula is C6H4N2O3. The SMILES string of the molecule is Oc1oc(O)c2nccnc12. The summed E-state index contributed by atoms with van der Waals surface area (Å²) in [6.07, 6.45) is 2.80. The van der Waals surface area contributed by atoms with E-state index in [4.69, 9.17) is 10.2 Å². The minimum Gasteiger partial charge on any atom is -0.479 e. The molecule has 0 spiro atoms. The van der Waals surface area contributed by atoms with Crippen molar-refractivity contribution < 1.29 is 14.6 Å². The van der Waals surface area contributed by atoms with Crippen LogP contribution in [0.1, 0.15) is 0 Å². The van der Waals surface area contributed by atoms with Crippen molar-refractivity contribution in [2.75, 3.05) is 0 Å². The van der Waals surface area contributed by atoms with E-state index in [1.54, 1.807) is 0 Å². The number of aromatic hydroxyl groups is 2. The lowest BCUT2D eigenvalue weighted by molar-refractivity contribution is 0.269. The predicted molar refractivity (Wildman–Crippen MR) is 35.1 cm³/mol. The minimum absolute atomic E-state index is 0.171. The summed E-state index contributed by atoms with van der Waals surface area (Å²) in [6.45, 7) is 0. The van der Waals surface area contributed by atoms with Crippen LogP contribution in [0, 0.1) is 0 Å². The number of hydrogen-bond acceptors (Lipinski definition) is 5. The first-order valence-electron chi connectivity index (χ1n) is 2.90. The summed E-state index contributed by atoms with van der Waals surface area (Å²) >= 11 is 0. The molecule has 2 rings (SSSR count). The van der Waals surface area contributed by atoms with E-state index in [2.05, 4.69) is 14.4 Å². The Kier molecular flexibility index (Phi) is 1.00. The van der Waals surface area contributed by atoms with Gasteiger partial charge >= 0.3 is 11.9 Å². The fourth-order valence-electron chi connectivity index (χ4n) is 0.839. The van der Waals surface area contributed by atoms with Crippen molar-refractivity contribution in [1.29, 1.82) is 0 Å². The van der Waals surface area contributed by atoms with Gasteiger partial charge in [0, 0.05) is 12.4 Å². The molecule has 5 heteroatoms. The zero-order valence-electron chi connectivity index (χ0n) is 5.35. The highest BCUT2D eigenvalue weighted by atomic mass is 16.5. The van der Waals surface area contributed by atoms with Crippen LogP contribution in [0.4, 0.5) is 0 Å². The smallest absolute Gasteiger partial charge is 0.314 e. The van der Waals surface area contributed by atoms with Crippen LogP contribution in [-0.2, 0) is 0 Å². The molecule has 0 fully saturated rings. The maximum absolute atomic E-state index is 8.96. The molecule has 56 valence electrons. The Hall–Kier alpha value is -1.78. The predicted octanol–water partition coefficient (Wildman–Crippen LogP) is 0.634. The molecule has 0 aliphatic heterocycles. The fourth-order valence-corrected chi connectivity index (χ4v) is 0.839. The molecule has 0 radical (unpaired) electrons. The van der Waals surface area contributed by atoms with E-state index < -0.39 is 11.9 Å². The normalized spacial score (nSPS) is 10.5. The third-order valence-corrected chi connectivity index (χ3v) is 1.30. The summed E-state index contributed by atoms with van der Waals surface area (Å²) in [7, 11) is 0. The lowest BCUT2D eigenvalue weighted by Crippen LogP contribution is -1.75. The second kappa shape index (κ2) is 1.85. The molecule has 5 nitrogen and oxygen atoms in total. The molecule has 0 amide bonds. The highest BCUT2D eigenvalue weighted by Crippen LogP contribution is 2.31. The number of fused-ring (bicyclic) bond motifs is 1. The lowest BCUT2D eigenvalue weighted by Gasteiger charge is -1.82. The van der Waals surface area contributed by atoms with Crippen molar-refractivity contribution in [3.63, 3.8) is 0 Å². The maximum atomic E-state index is 8.96. The second-order valence-electron chi connectivity index (χ2n) is 1.97. The van der Waals surface area contributed by atoms with Gasteiger partial charge in [-0.2, -0.15) is 0 Å². The number of aromatic nitrogens is 2. The van der Waals surface area contributed by atoms with Gasteiger partial charge in [-0.3, -0.25) is 0 Å². The summed E-state index contributed by atoms with van der Waals surface area (Å²) in [6, 6.07) is 0. The van der Waals surface area contributed by atoms with Crippen molar-refractivity contribution in [2.24, 2.45) is 0 Å². The van der Waals surface area contributed by atoms with Crippen LogP contribution in [-0.4, -0.2) is 20.2 Å². The standard InChI is InChI=1S/C6H4N2O3/c9-5-3-4(6(10)11-5)8-2-1-7-3/h1-2,9-10H. The van der Waals surface area contributed by atoms with Crippen LogP contribution in [0.3, 0.4) is 0 Å². The van der Waals surface area contributed by atoms with Gasteiger partial charge in [0.1, 0.15) is 0 Å². The molecule has 11 heavy (non-hydrogen) atoms. The van der Waals surface area contributed by atoms with Gasteiger partial charge in [-0.15, -0.1) is 0 Å². The van der Waals surface area contributed by atoms with Gasteiger partial charge in [-0.25, -0.2) is 9.97 Å². The summed E-state index contributed by atoms with van der Waals surface area (Å²) < 4.78 is 4.45. The first-order chi connectivity index (χ1) is 5.29. The van der Waals surface area contributed by atoms with Crippen LogP contribution < -0.4 is 0 Å². The molecular weight excluding hydrogens is 148 g/mol. The number of nitrogens with zero attached hydrogens (tertiary/aromatic N) is 2. The Morgan fingerprint density at radius 1 is 1.00 bits per heavy atom. The van der Waals surface area contributed by atoms with E-state index >= 15 is 0 Å². The minimum atomic E-state index is -0.411. The first-order valence-corrected chi connectivity index (χ1v) is 2.90. The van der Waals surface area contributed by atoms with Crippen molar-refractivity contribution >= 4 is 11.0 Å². The molecule has 0 bridgehead atoms. The van der Waals surface area contributed by atoms with E-state index in [1.807, 2.05) is 0 Å². The van der Waals surface area contributed by atoms with E-state index in [1.165, 1.54) is 12.4 Å². The van der Waals surface area contributed by atoms with Crippen molar-refractivity contribution in [1.82, 2.24) is 9.97 Å². The van der Waals surface area contributed by atoms with Gasteiger partial charge in [0.2, 0.25) is 0 Å². The zero-order valence-corrected chi connectivity index (χ0v) is 5.35. The highest BCUT2D eigenvalue weighted by molar-refractivity contribution is 5.82. The van der Waals surface area contributed by atoms with E-state index in [9.17, 15) is 0 Å². The van der Waals surface area contributed by atoms with Gasteiger partial charge in [-0.05, 0) is 0 Å². The van der Waals surface area contributed by atoms with Gasteiger partial charge < -0.3 is 14.6 Å². The van der Waals surface area contributed by atoms with Crippen molar-refractivity contribution in [3.8, 4) is 11.9 Å². The fraction of sp³-hybridized carbons (Fsp3) is 0. The van der Waals surface area contributed by atoms with Gasteiger partial charge in [0.05, 0.1) is 0 Å². The van der Waals surface area contributed by atoms with Gasteiger partial charge in [0.15, 0.2) is 11.0 Å². The van der Waals surface area contributed by atoms with Crippen LogP contribution >= 0.6 is 0 Å². The number of rotatable bonds is 0. The monoisotopic (exact) mass is 152 g/mol. The van der Waals surface area contributed by atoms with Crippen LogP contribution in [0.2, 0.25) is 0 Å². The Balaban J connectivity index is 2.95. The maximum Gasteiger partial charge on any atom is 0.314 e. The highest BCUT2D eigenvalue weighted by Gasteiger charge is 2.12. The third kappa shape index (κ3) is 0.706. The largest absolute Gasteiger partial charge is 0.479 e. The summed E-state index contributed by atoms with van der Waals surface area (Å²) in [5.41, 5.74) is 0.343. The number of hydrogen-bond donors (Lipinski definition) is 2. The van der Waals surface area contributed by atoms with Gasteiger partial charge in [-0.1, -0.05) is 0 Å². The molecule has 2 aromatic rings. The van der Waals surface area contributed by atoms with Crippen molar-refractivity contribution in [3.05, 3.63) is 12.4 Å². The molecule has 0 saturated heterocycles. The Bertz CT molecular complexity index is 360. The van der Waals surface area contributed by atoms with Crippen molar-refractivity contribution in [2.45, 2.75) is 0 Å². The summed E-state index contributed by atoms with van der Waals surface area (Å²) in [5, 5.41) is 17.9. The average Bonchev–Trinajstić information content (AvgIpc) is 2.30. The lowest BCUT2D eigenvalue weighted by atomic mass is 10.5. The summed E-state index contributed by atoms with van der Waals surface area (Å²) in [5.74, 6) is -0.823. The molecule has 2 N–H and O–H groups in total. The molecule has 0 unspecified atom stereocenters.